The van der Waals surface area contributed by atoms with Crippen molar-refractivity contribution in [3.63, 3.8) is 0 Å². The molecule has 3 aromatic rings. The lowest BCUT2D eigenvalue weighted by Gasteiger charge is -2.20. The minimum atomic E-state index is -3.67. The van der Waals surface area contributed by atoms with Crippen molar-refractivity contribution in [1.29, 1.82) is 0 Å². The van der Waals surface area contributed by atoms with Crippen LogP contribution in [0.25, 0.3) is 0 Å². The van der Waals surface area contributed by atoms with Crippen molar-refractivity contribution in [1.82, 2.24) is 4.31 Å². The number of carbonyl (C=O) groups is 1. The van der Waals surface area contributed by atoms with Crippen molar-refractivity contribution < 1.29 is 17.9 Å². The topological polar surface area (TPSA) is 75.7 Å². The molecule has 2 aromatic carbocycles. The summed E-state index contributed by atoms with van der Waals surface area (Å²) in [5.41, 5.74) is 0.292. The Bertz CT molecular complexity index is 1060. The molecule has 152 valence electrons. The first-order chi connectivity index (χ1) is 14.0. The lowest BCUT2D eigenvalue weighted by molar-refractivity contribution is 0.103. The van der Waals surface area contributed by atoms with Gasteiger partial charge in [-0.1, -0.05) is 38.1 Å². The third-order valence-electron chi connectivity index (χ3n) is 4.26. The molecule has 1 aromatic heterocycles. The van der Waals surface area contributed by atoms with E-state index in [0.29, 0.717) is 35.2 Å². The van der Waals surface area contributed by atoms with Crippen molar-refractivity contribution in [3.05, 3.63) is 70.9 Å². The highest BCUT2D eigenvalue weighted by molar-refractivity contribution is 7.89. The highest BCUT2D eigenvalue weighted by atomic mass is 32.2. The minimum absolute atomic E-state index is 0.100. The summed E-state index contributed by atoms with van der Waals surface area (Å²) >= 11 is 1.30. The van der Waals surface area contributed by atoms with Gasteiger partial charge in [-0.3, -0.25) is 4.79 Å². The van der Waals surface area contributed by atoms with E-state index in [1.54, 1.807) is 49.6 Å². The van der Waals surface area contributed by atoms with Gasteiger partial charge in [0.15, 0.2) is 5.75 Å². The fourth-order valence-electron chi connectivity index (χ4n) is 2.78. The van der Waals surface area contributed by atoms with E-state index in [9.17, 15) is 13.2 Å². The van der Waals surface area contributed by atoms with E-state index in [2.05, 4.69) is 5.32 Å². The molecule has 0 aliphatic carbocycles. The number of hydrogen-bond acceptors (Lipinski definition) is 5. The zero-order valence-electron chi connectivity index (χ0n) is 16.2. The number of ether oxygens (including phenoxy) is 1. The minimum Gasteiger partial charge on any atom is -0.455 e. The first-order valence-electron chi connectivity index (χ1n) is 9.17. The summed E-state index contributed by atoms with van der Waals surface area (Å²) in [6, 6.07) is 17.1. The van der Waals surface area contributed by atoms with Gasteiger partial charge in [-0.15, -0.1) is 11.3 Å². The van der Waals surface area contributed by atoms with E-state index in [1.165, 1.54) is 27.8 Å². The molecule has 0 unspecified atom stereocenters. The Morgan fingerprint density at radius 2 is 1.76 bits per heavy atom. The molecule has 0 fully saturated rings. The molecule has 0 bridgehead atoms. The van der Waals surface area contributed by atoms with Crippen LogP contribution in [0.2, 0.25) is 0 Å². The number of amides is 1. The summed E-state index contributed by atoms with van der Waals surface area (Å²) in [4.78, 5) is 13.2. The molecule has 0 radical (unpaired) electrons. The summed E-state index contributed by atoms with van der Waals surface area (Å²) in [6.45, 7) is 4.29. The van der Waals surface area contributed by atoms with Gasteiger partial charge >= 0.3 is 0 Å². The van der Waals surface area contributed by atoms with Gasteiger partial charge in [-0.25, -0.2) is 8.42 Å². The maximum atomic E-state index is 12.9. The van der Waals surface area contributed by atoms with Crippen LogP contribution in [0.15, 0.2) is 70.9 Å². The highest BCUT2D eigenvalue weighted by Gasteiger charge is 2.23. The number of nitrogens with zero attached hydrogens (tertiary/aromatic N) is 1. The number of sulfonamides is 1. The molecule has 1 heterocycles. The quantitative estimate of drug-likeness (QED) is 0.556. The van der Waals surface area contributed by atoms with E-state index in [1.807, 2.05) is 18.2 Å². The Balaban J connectivity index is 2.00. The molecule has 0 saturated heterocycles. The molecule has 6 nitrogen and oxygen atoms in total. The van der Waals surface area contributed by atoms with Crippen molar-refractivity contribution in [2.24, 2.45) is 0 Å². The fourth-order valence-corrected chi connectivity index (χ4v) is 4.88. The Morgan fingerprint density at radius 1 is 1.03 bits per heavy atom. The number of thiophene rings is 1. The van der Waals surface area contributed by atoms with Crippen molar-refractivity contribution in [3.8, 4) is 11.5 Å². The average Bonchev–Trinajstić information content (AvgIpc) is 3.26. The van der Waals surface area contributed by atoms with Crippen LogP contribution in [0.4, 0.5) is 5.69 Å². The van der Waals surface area contributed by atoms with Gasteiger partial charge in [-0.05, 0) is 41.8 Å². The molecule has 0 atom stereocenters. The Morgan fingerprint density at radius 3 is 2.38 bits per heavy atom. The number of benzene rings is 2. The summed E-state index contributed by atoms with van der Waals surface area (Å²) in [7, 11) is -3.67. The molecule has 8 heteroatoms. The van der Waals surface area contributed by atoms with Crippen molar-refractivity contribution in [2.75, 3.05) is 18.4 Å². The second kappa shape index (κ2) is 9.21. The molecular weight excluding hydrogens is 408 g/mol. The van der Waals surface area contributed by atoms with E-state index in [-0.39, 0.29) is 10.8 Å². The summed E-state index contributed by atoms with van der Waals surface area (Å²) in [5.74, 6) is 0.619. The van der Waals surface area contributed by atoms with Crippen molar-refractivity contribution in [2.45, 2.75) is 18.7 Å². The van der Waals surface area contributed by atoms with Crippen LogP contribution in [0.5, 0.6) is 11.5 Å². The van der Waals surface area contributed by atoms with Gasteiger partial charge < -0.3 is 10.1 Å². The number of hydrogen-bond donors (Lipinski definition) is 1. The standard InChI is InChI=1S/C21H22N2O4S2/c1-3-23(4-2)29(25,26)17-12-13-19(27-16-9-6-5-7-10-16)18(15-17)22-21(24)20-11-8-14-28-20/h5-15H,3-4H2,1-2H3,(H,22,24). The van der Waals surface area contributed by atoms with Crippen LogP contribution >= 0.6 is 11.3 Å². The summed E-state index contributed by atoms with van der Waals surface area (Å²) < 4.78 is 33.1. The Kier molecular flexibility index (Phi) is 6.68. The molecule has 0 spiro atoms. The van der Waals surface area contributed by atoms with Crippen molar-refractivity contribution >= 4 is 33.0 Å². The average molecular weight is 431 g/mol. The molecule has 3 rings (SSSR count). The number of rotatable bonds is 8. The molecular formula is C21H22N2O4S2. The van der Waals surface area contributed by atoms with E-state index in [4.69, 9.17) is 4.74 Å². The number of para-hydroxylation sites is 1. The van der Waals surface area contributed by atoms with E-state index < -0.39 is 10.0 Å². The lowest BCUT2D eigenvalue weighted by atomic mass is 10.2. The summed E-state index contributed by atoms with van der Waals surface area (Å²) in [6.07, 6.45) is 0. The largest absolute Gasteiger partial charge is 0.455 e. The van der Waals surface area contributed by atoms with Crippen LogP contribution in [0.3, 0.4) is 0 Å². The van der Waals surface area contributed by atoms with Crippen LogP contribution in [-0.4, -0.2) is 31.7 Å². The van der Waals surface area contributed by atoms with Gasteiger partial charge in [0.25, 0.3) is 5.91 Å². The normalized spacial score (nSPS) is 11.4. The fraction of sp³-hybridized carbons (Fsp3) is 0.190. The van der Waals surface area contributed by atoms with E-state index >= 15 is 0 Å². The lowest BCUT2D eigenvalue weighted by Crippen LogP contribution is -2.30. The second-order valence-corrected chi connectivity index (χ2v) is 8.98. The maximum absolute atomic E-state index is 12.9. The summed E-state index contributed by atoms with van der Waals surface area (Å²) in [5, 5.41) is 4.59. The number of carbonyl (C=O) groups excluding carboxylic acids is 1. The van der Waals surface area contributed by atoms with E-state index in [0.717, 1.165) is 0 Å². The monoisotopic (exact) mass is 430 g/mol. The SMILES string of the molecule is CCN(CC)S(=O)(=O)c1ccc(Oc2ccccc2)c(NC(=O)c2cccs2)c1. The third kappa shape index (κ3) is 4.84. The van der Waals surface area contributed by atoms with Gasteiger partial charge in [-0.2, -0.15) is 4.31 Å². The van der Waals surface area contributed by atoms with Gasteiger partial charge in [0, 0.05) is 13.1 Å². The van der Waals surface area contributed by atoms with Gasteiger partial charge in [0.1, 0.15) is 5.75 Å². The molecule has 1 N–H and O–H groups in total. The molecule has 0 saturated carbocycles. The van der Waals surface area contributed by atoms with Crippen LogP contribution in [0, 0.1) is 0 Å². The first kappa shape index (κ1) is 21.0. The van der Waals surface area contributed by atoms with Crippen LogP contribution < -0.4 is 10.1 Å². The van der Waals surface area contributed by atoms with Gasteiger partial charge in [0.2, 0.25) is 10.0 Å². The number of nitrogens with one attached hydrogen (secondary N) is 1. The zero-order valence-corrected chi connectivity index (χ0v) is 17.8. The predicted molar refractivity (Wildman–Crippen MR) is 115 cm³/mol. The maximum Gasteiger partial charge on any atom is 0.265 e. The Labute approximate surface area is 174 Å². The molecule has 0 aliphatic rings. The smallest absolute Gasteiger partial charge is 0.265 e. The zero-order chi connectivity index (χ0) is 20.9. The first-order valence-corrected chi connectivity index (χ1v) is 11.5. The Hall–Kier alpha value is -2.68. The van der Waals surface area contributed by atoms with Crippen LogP contribution in [-0.2, 0) is 10.0 Å². The predicted octanol–water partition coefficient (Wildman–Crippen LogP) is 4.82. The van der Waals surface area contributed by atoms with Gasteiger partial charge in [0.05, 0.1) is 15.5 Å². The second-order valence-electron chi connectivity index (χ2n) is 6.09. The third-order valence-corrected chi connectivity index (χ3v) is 7.17. The number of anilines is 1. The molecule has 0 aliphatic heterocycles. The highest BCUT2D eigenvalue weighted by Crippen LogP contribution is 2.33. The van der Waals surface area contributed by atoms with Crippen LogP contribution in [0.1, 0.15) is 23.5 Å². The molecule has 29 heavy (non-hydrogen) atoms. The molecule has 1 amide bonds.